The van der Waals surface area contributed by atoms with Gasteiger partial charge >= 0.3 is 0 Å². The molecule has 2 saturated heterocycles. The molecule has 9 atom stereocenters. The van der Waals surface area contributed by atoms with Crippen molar-refractivity contribution in [1.82, 2.24) is 0 Å². The summed E-state index contributed by atoms with van der Waals surface area (Å²) in [5.74, 6) is 0. The Morgan fingerprint density at radius 2 is 1.55 bits per heavy atom. The van der Waals surface area contributed by atoms with Crippen molar-refractivity contribution >= 4 is 0 Å². The minimum atomic E-state index is -2.52. The lowest BCUT2D eigenvalue weighted by molar-refractivity contribution is -0.310. The van der Waals surface area contributed by atoms with Gasteiger partial charge in [-0.05, 0) is 0 Å². The number of hydrogen-bond donors (Lipinski definition) is 7. The van der Waals surface area contributed by atoms with Gasteiger partial charge in [-0.2, -0.15) is 0 Å². The highest BCUT2D eigenvalue weighted by Gasteiger charge is 2.45. The van der Waals surface area contributed by atoms with Gasteiger partial charge in [-0.15, -0.1) is 0 Å². The van der Waals surface area contributed by atoms with Crippen molar-refractivity contribution in [2.75, 3.05) is 19.8 Å². The van der Waals surface area contributed by atoms with E-state index in [1.165, 1.54) is 0 Å². The van der Waals surface area contributed by atoms with Gasteiger partial charge in [0.2, 0.25) is 0 Å². The van der Waals surface area contributed by atoms with E-state index in [0.717, 1.165) is 0 Å². The number of ether oxygens (including phenoxy) is 3. The average molecular weight is 327 g/mol. The fourth-order valence-corrected chi connectivity index (χ4v) is 2.28. The molecule has 2 aliphatic heterocycles. The summed E-state index contributed by atoms with van der Waals surface area (Å²) in [5, 5.41) is 66.9. The fourth-order valence-electron chi connectivity index (χ4n) is 2.28. The first-order valence-electron chi connectivity index (χ1n) is 7.34. The largest absolute Gasteiger partial charge is 0.394 e. The summed E-state index contributed by atoms with van der Waals surface area (Å²) in [7, 11) is 0. The van der Waals surface area contributed by atoms with Crippen molar-refractivity contribution in [2.45, 2.75) is 55.1 Å². The van der Waals surface area contributed by atoms with E-state index in [9.17, 15) is 30.6 Å². The van der Waals surface area contributed by atoms with Crippen molar-refractivity contribution in [3.8, 4) is 0 Å². The molecule has 130 valence electrons. The second-order valence-corrected chi connectivity index (χ2v) is 5.32. The van der Waals surface area contributed by atoms with Crippen LogP contribution in [0.5, 0.6) is 0 Å². The van der Waals surface area contributed by atoms with Crippen LogP contribution in [0.2, 0.25) is 0 Å². The second kappa shape index (κ2) is 7.45. The third-order valence-corrected chi connectivity index (χ3v) is 3.74. The van der Waals surface area contributed by atoms with E-state index in [0.29, 0.717) is 0 Å². The predicted octanol–water partition coefficient (Wildman–Crippen LogP) is -4.72. The first-order valence-corrected chi connectivity index (χ1v) is 6.84. The highest BCUT2D eigenvalue weighted by atomic mass is 16.7. The summed E-state index contributed by atoms with van der Waals surface area (Å²) in [6.07, 6.45) is -14.5. The van der Waals surface area contributed by atoms with Crippen molar-refractivity contribution < 1.29 is 51.3 Å². The lowest BCUT2D eigenvalue weighted by Crippen LogP contribution is -2.60. The van der Waals surface area contributed by atoms with E-state index in [2.05, 4.69) is 0 Å². The third kappa shape index (κ3) is 3.57. The summed E-state index contributed by atoms with van der Waals surface area (Å²) in [6, 6.07) is 0. The monoisotopic (exact) mass is 327 g/mol. The van der Waals surface area contributed by atoms with Crippen LogP contribution in [0.25, 0.3) is 0 Å². The molecule has 0 saturated carbocycles. The first-order chi connectivity index (χ1) is 10.7. The molecule has 2 fully saturated rings. The molecule has 0 amide bonds. The molecule has 0 radical (unpaired) electrons. The lowest BCUT2D eigenvalue weighted by atomic mass is 9.99. The van der Waals surface area contributed by atoms with Crippen molar-refractivity contribution in [3.63, 3.8) is 0 Å². The molecule has 2 aliphatic rings. The van der Waals surface area contributed by atoms with E-state index >= 15 is 0 Å². The molecule has 2 heterocycles. The highest BCUT2D eigenvalue weighted by Crippen LogP contribution is 2.23. The van der Waals surface area contributed by atoms with Crippen LogP contribution in [0.15, 0.2) is 0 Å². The van der Waals surface area contributed by atoms with Gasteiger partial charge in [0.1, 0.15) is 48.8 Å². The van der Waals surface area contributed by atoms with Crippen molar-refractivity contribution in [1.29, 1.82) is 0 Å². The summed E-state index contributed by atoms with van der Waals surface area (Å²) < 4.78 is 23.0. The second-order valence-electron chi connectivity index (χ2n) is 5.32. The van der Waals surface area contributed by atoms with E-state index < -0.39 is 68.3 Å². The smallest absolute Gasteiger partial charge is 0.186 e. The Labute approximate surface area is 127 Å². The number of aliphatic hydroxyl groups excluding tert-OH is 7. The van der Waals surface area contributed by atoms with Gasteiger partial charge in [0, 0.05) is 0 Å². The number of rotatable bonds is 4. The van der Waals surface area contributed by atoms with Crippen LogP contribution in [-0.4, -0.2) is 111 Å². The molecule has 0 aromatic heterocycles. The molecule has 0 aliphatic carbocycles. The quantitative estimate of drug-likeness (QED) is 0.266. The molecule has 10 nitrogen and oxygen atoms in total. The van der Waals surface area contributed by atoms with Gasteiger partial charge in [-0.25, -0.2) is 0 Å². The summed E-state index contributed by atoms with van der Waals surface area (Å²) >= 11 is 0. The van der Waals surface area contributed by atoms with Gasteiger partial charge in [0.05, 0.1) is 21.2 Å². The van der Waals surface area contributed by atoms with Gasteiger partial charge in [-0.3, -0.25) is 0 Å². The molecule has 0 spiro atoms. The summed E-state index contributed by atoms with van der Waals surface area (Å²) in [6.45, 7) is -1.49. The zero-order valence-electron chi connectivity index (χ0n) is 12.6. The zero-order chi connectivity index (χ0) is 17.4. The maximum atomic E-state index is 9.85. The molecule has 0 bridgehead atoms. The SMILES string of the molecule is [2H][C@@]1(OC[C@H]2OC[C@H](O)[C@@H](O)[C@H]2O)O[C@H](CO)[C@H](O)[C@H](O)[C@H]1O. The molecule has 0 aromatic carbocycles. The average Bonchev–Trinajstić information content (AvgIpc) is 2.53. The van der Waals surface area contributed by atoms with Crippen LogP contribution >= 0.6 is 0 Å². The molecule has 2 rings (SSSR count). The maximum Gasteiger partial charge on any atom is 0.186 e. The molecule has 10 heteroatoms. The minimum absolute atomic E-state index is 0.263. The van der Waals surface area contributed by atoms with E-state index in [-0.39, 0.29) is 6.61 Å². The summed E-state index contributed by atoms with van der Waals surface area (Å²) in [5.41, 5.74) is 0. The van der Waals surface area contributed by atoms with Crippen LogP contribution in [0.1, 0.15) is 1.37 Å². The third-order valence-electron chi connectivity index (χ3n) is 3.74. The van der Waals surface area contributed by atoms with Crippen LogP contribution in [0, 0.1) is 0 Å². The minimum Gasteiger partial charge on any atom is -0.394 e. The Kier molecular flexibility index (Phi) is 5.57. The van der Waals surface area contributed by atoms with E-state index in [1.54, 1.807) is 0 Å². The Balaban J connectivity index is 2.00. The van der Waals surface area contributed by atoms with Crippen LogP contribution in [0.4, 0.5) is 0 Å². The van der Waals surface area contributed by atoms with Crippen molar-refractivity contribution in [3.05, 3.63) is 0 Å². The maximum absolute atomic E-state index is 9.85. The normalized spacial score (nSPS) is 54.0. The van der Waals surface area contributed by atoms with Crippen LogP contribution < -0.4 is 0 Å². The Bertz CT molecular complexity index is 398. The Hall–Kier alpha value is -0.400. The molecule has 22 heavy (non-hydrogen) atoms. The van der Waals surface area contributed by atoms with Gasteiger partial charge in [0.15, 0.2) is 6.27 Å². The molecule has 0 aromatic rings. The molecular weight excluding hydrogens is 304 g/mol. The van der Waals surface area contributed by atoms with Gasteiger partial charge < -0.3 is 50.0 Å². The van der Waals surface area contributed by atoms with E-state index in [1.807, 2.05) is 0 Å². The predicted molar refractivity (Wildman–Crippen MR) is 67.5 cm³/mol. The molecule has 7 N–H and O–H groups in total. The summed E-state index contributed by atoms with van der Waals surface area (Å²) in [4.78, 5) is 0. The number of hydrogen-bond acceptors (Lipinski definition) is 10. The standard InChI is InChI=1S/C12H22O10/c13-1-5-8(16)10(18)11(19)12(22-5)21-3-6-9(17)7(15)4(14)2-20-6/h4-19H,1-3H2/t4-,5+,6+,7+,8-,9-,10-,11+,12+/m0/s1/i12D. The first kappa shape index (κ1) is 16.5. The van der Waals surface area contributed by atoms with Crippen LogP contribution in [-0.2, 0) is 14.2 Å². The highest BCUT2D eigenvalue weighted by molar-refractivity contribution is 4.90. The lowest BCUT2D eigenvalue weighted by Gasteiger charge is -2.41. The molecular formula is C12H22O10. The Morgan fingerprint density at radius 1 is 0.909 bits per heavy atom. The Morgan fingerprint density at radius 3 is 2.18 bits per heavy atom. The van der Waals surface area contributed by atoms with Gasteiger partial charge in [-0.1, -0.05) is 0 Å². The number of aliphatic hydroxyl groups is 7. The van der Waals surface area contributed by atoms with Gasteiger partial charge in [0.25, 0.3) is 0 Å². The van der Waals surface area contributed by atoms with Crippen LogP contribution in [0.3, 0.4) is 0 Å². The zero-order valence-corrected chi connectivity index (χ0v) is 11.6. The van der Waals surface area contributed by atoms with Crippen molar-refractivity contribution in [2.24, 2.45) is 0 Å². The molecule has 0 unspecified atom stereocenters. The topological polar surface area (TPSA) is 169 Å². The fraction of sp³-hybridized carbons (Fsp3) is 1.00. The van der Waals surface area contributed by atoms with E-state index in [4.69, 9.17) is 20.7 Å².